The molecular formula is C32H56O14. The Morgan fingerprint density at radius 2 is 0.935 bits per heavy atom. The van der Waals surface area contributed by atoms with Gasteiger partial charge in [0.05, 0.1) is 110 Å². The van der Waals surface area contributed by atoms with Gasteiger partial charge in [-0.3, -0.25) is 4.89 Å². The van der Waals surface area contributed by atoms with Crippen LogP contribution in [0.15, 0.2) is 12.1 Å². The van der Waals surface area contributed by atoms with Gasteiger partial charge in [0.2, 0.25) is 5.75 Å². The maximum absolute atomic E-state index is 12.5. The number of rotatable bonds is 28. The number of aliphatic hydroxyl groups excluding tert-OH is 1. The summed E-state index contributed by atoms with van der Waals surface area (Å²) < 4.78 is 56.6. The Labute approximate surface area is 273 Å². The predicted molar refractivity (Wildman–Crippen MR) is 168 cm³/mol. The first-order valence-corrected chi connectivity index (χ1v) is 15.6. The molecule has 0 aliphatic heterocycles. The van der Waals surface area contributed by atoms with Gasteiger partial charge in [-0.15, -0.1) is 0 Å². The Bertz CT molecular complexity index is 858. The summed E-state index contributed by atoms with van der Waals surface area (Å²) in [5.74, 6) is -0.0315. The number of hydrogen-bond acceptors (Lipinski definition) is 14. The molecule has 1 aromatic rings. The summed E-state index contributed by atoms with van der Waals surface area (Å²) in [6.45, 7) is 16.6. The van der Waals surface area contributed by atoms with E-state index in [-0.39, 0.29) is 86.9 Å². The van der Waals surface area contributed by atoms with E-state index in [0.29, 0.717) is 52.9 Å². The van der Waals surface area contributed by atoms with Gasteiger partial charge in [0.25, 0.3) is 0 Å². The van der Waals surface area contributed by atoms with Crippen LogP contribution in [0.5, 0.6) is 17.2 Å². The van der Waals surface area contributed by atoms with Crippen LogP contribution in [-0.4, -0.2) is 135 Å². The van der Waals surface area contributed by atoms with Crippen molar-refractivity contribution >= 4 is 5.97 Å². The average Bonchev–Trinajstić information content (AvgIpc) is 2.98. The van der Waals surface area contributed by atoms with E-state index in [1.54, 1.807) is 0 Å². The molecule has 0 spiro atoms. The van der Waals surface area contributed by atoms with Gasteiger partial charge in [-0.1, -0.05) is 0 Å². The van der Waals surface area contributed by atoms with Crippen molar-refractivity contribution in [2.75, 3.05) is 113 Å². The van der Waals surface area contributed by atoms with Crippen molar-refractivity contribution in [3.63, 3.8) is 0 Å². The quantitative estimate of drug-likeness (QED) is 0.0794. The fourth-order valence-corrected chi connectivity index (χ4v) is 3.42. The maximum Gasteiger partial charge on any atom is 0.373 e. The first-order chi connectivity index (χ1) is 22.0. The Morgan fingerprint density at radius 1 is 0.565 bits per heavy atom. The fourth-order valence-electron chi connectivity index (χ4n) is 3.42. The summed E-state index contributed by atoms with van der Waals surface area (Å²) in [5.41, 5.74) is -0.297. The smallest absolute Gasteiger partial charge is 0.373 e. The highest BCUT2D eigenvalue weighted by Crippen LogP contribution is 2.39. The Morgan fingerprint density at radius 3 is 1.33 bits per heavy atom. The van der Waals surface area contributed by atoms with Gasteiger partial charge in [0.15, 0.2) is 11.5 Å². The Balaban J connectivity index is 2.71. The molecule has 0 saturated carbocycles. The van der Waals surface area contributed by atoms with Crippen LogP contribution in [0.1, 0.15) is 51.9 Å². The van der Waals surface area contributed by atoms with Crippen LogP contribution in [0.25, 0.3) is 0 Å². The van der Waals surface area contributed by atoms with E-state index in [0.717, 1.165) is 0 Å². The summed E-state index contributed by atoms with van der Waals surface area (Å²) in [4.78, 5) is 21.8. The van der Waals surface area contributed by atoms with E-state index in [1.807, 2.05) is 41.5 Å². The highest BCUT2D eigenvalue weighted by Gasteiger charge is 2.20. The normalized spacial score (nSPS) is 11.9. The molecular weight excluding hydrogens is 608 g/mol. The van der Waals surface area contributed by atoms with E-state index < -0.39 is 5.97 Å². The summed E-state index contributed by atoms with van der Waals surface area (Å²) in [6.07, 6.45) is 0. The second kappa shape index (κ2) is 24.8. The number of aliphatic hydroxyl groups is 1. The summed E-state index contributed by atoms with van der Waals surface area (Å²) in [6, 6.07) is 2.93. The third-order valence-electron chi connectivity index (χ3n) is 5.37. The minimum Gasteiger partial charge on any atom is -0.487 e. The SMILES string of the molecule is COOC(=O)c1cc(OCCOCCOCCOC(C)(C)C)c(OCCOCCO)c(OCCOCCOCCOC(C)(C)C)c1. The molecule has 14 nitrogen and oxygen atoms in total. The number of ether oxygens (including phenoxy) is 10. The van der Waals surface area contributed by atoms with Gasteiger partial charge in [-0.05, 0) is 53.7 Å². The number of benzene rings is 1. The van der Waals surface area contributed by atoms with E-state index in [4.69, 9.17) is 57.4 Å². The van der Waals surface area contributed by atoms with Crippen molar-refractivity contribution < 1.29 is 67.0 Å². The van der Waals surface area contributed by atoms with Gasteiger partial charge in [0, 0.05) is 0 Å². The average molecular weight is 665 g/mol. The molecule has 0 fully saturated rings. The zero-order valence-electron chi connectivity index (χ0n) is 28.7. The Hall–Kier alpha value is -2.27. The van der Waals surface area contributed by atoms with Crippen molar-refractivity contribution in [3.05, 3.63) is 17.7 Å². The maximum atomic E-state index is 12.5. The molecule has 46 heavy (non-hydrogen) atoms. The monoisotopic (exact) mass is 664 g/mol. The van der Waals surface area contributed by atoms with E-state index in [1.165, 1.54) is 19.2 Å². The van der Waals surface area contributed by atoms with E-state index >= 15 is 0 Å². The van der Waals surface area contributed by atoms with Crippen LogP contribution in [0.3, 0.4) is 0 Å². The van der Waals surface area contributed by atoms with Gasteiger partial charge >= 0.3 is 5.97 Å². The Kier molecular flexibility index (Phi) is 22.5. The third kappa shape index (κ3) is 22.3. The van der Waals surface area contributed by atoms with Crippen LogP contribution in [-0.2, 0) is 42.9 Å². The van der Waals surface area contributed by atoms with Crippen LogP contribution in [0, 0.1) is 0 Å². The van der Waals surface area contributed by atoms with Crippen molar-refractivity contribution in [1.82, 2.24) is 0 Å². The van der Waals surface area contributed by atoms with Gasteiger partial charge in [-0.25, -0.2) is 4.79 Å². The topological polar surface area (TPSA) is 148 Å². The summed E-state index contributed by atoms with van der Waals surface area (Å²) in [5, 5.41) is 8.97. The zero-order chi connectivity index (χ0) is 34.1. The molecule has 268 valence electrons. The molecule has 1 aromatic carbocycles. The van der Waals surface area contributed by atoms with Crippen LogP contribution >= 0.6 is 0 Å². The lowest BCUT2D eigenvalue weighted by atomic mass is 10.2. The lowest BCUT2D eigenvalue weighted by molar-refractivity contribution is -0.216. The molecule has 0 saturated heterocycles. The lowest BCUT2D eigenvalue weighted by Crippen LogP contribution is -2.22. The largest absolute Gasteiger partial charge is 0.487 e. The summed E-state index contributed by atoms with van der Waals surface area (Å²) >= 11 is 0. The molecule has 0 heterocycles. The molecule has 14 heteroatoms. The van der Waals surface area contributed by atoms with E-state index in [2.05, 4.69) is 4.89 Å². The van der Waals surface area contributed by atoms with Crippen LogP contribution in [0.4, 0.5) is 0 Å². The molecule has 0 radical (unpaired) electrons. The first kappa shape index (κ1) is 41.8. The predicted octanol–water partition coefficient (Wildman–Crippen LogP) is 3.25. The molecule has 0 aliphatic rings. The van der Waals surface area contributed by atoms with E-state index in [9.17, 15) is 4.79 Å². The molecule has 0 aliphatic carbocycles. The van der Waals surface area contributed by atoms with Crippen molar-refractivity contribution in [3.8, 4) is 17.2 Å². The first-order valence-electron chi connectivity index (χ1n) is 15.6. The van der Waals surface area contributed by atoms with Crippen molar-refractivity contribution in [2.24, 2.45) is 0 Å². The second-order valence-corrected chi connectivity index (χ2v) is 11.6. The standard InChI is InChI=1S/C32H56O14/c1-31(2,3)44-22-17-39-12-10-37-14-19-41-27-24-26(30(34)46-35-7)25-28(29(27)43-21-16-36-9-8-33)42-20-15-38-11-13-40-18-23-45-32(4,5)6/h24-25,33H,8-23H2,1-7H3. The molecule has 0 atom stereocenters. The molecule has 0 amide bonds. The third-order valence-corrected chi connectivity index (χ3v) is 5.37. The second-order valence-electron chi connectivity index (χ2n) is 11.6. The molecule has 0 unspecified atom stereocenters. The minimum absolute atomic E-state index is 0.107. The number of hydrogen-bond donors (Lipinski definition) is 1. The number of carbonyl (C=O) groups excluding carboxylic acids is 1. The number of carbonyl (C=O) groups is 1. The van der Waals surface area contributed by atoms with Crippen molar-refractivity contribution in [2.45, 2.75) is 52.7 Å². The zero-order valence-corrected chi connectivity index (χ0v) is 28.7. The van der Waals surface area contributed by atoms with Crippen LogP contribution < -0.4 is 14.2 Å². The van der Waals surface area contributed by atoms with Gasteiger partial charge < -0.3 is 52.5 Å². The van der Waals surface area contributed by atoms with Gasteiger partial charge in [-0.2, -0.15) is 4.89 Å². The van der Waals surface area contributed by atoms with Crippen LogP contribution in [0.2, 0.25) is 0 Å². The molecule has 0 aromatic heterocycles. The van der Waals surface area contributed by atoms with Gasteiger partial charge in [0.1, 0.15) is 19.8 Å². The summed E-state index contributed by atoms with van der Waals surface area (Å²) in [7, 11) is 1.23. The molecule has 0 bridgehead atoms. The highest BCUT2D eigenvalue weighted by atomic mass is 17.2. The lowest BCUT2D eigenvalue weighted by Gasteiger charge is -2.19. The highest BCUT2D eigenvalue weighted by molar-refractivity contribution is 5.90. The van der Waals surface area contributed by atoms with Crippen molar-refractivity contribution in [1.29, 1.82) is 0 Å². The minimum atomic E-state index is -0.747. The fraction of sp³-hybridized carbons (Fsp3) is 0.781. The molecule has 1 rings (SSSR count). The molecule has 1 N–H and O–H groups in total.